The number of nitrogens with one attached hydrogen (secondary N) is 1. The van der Waals surface area contributed by atoms with E-state index in [9.17, 15) is 26.0 Å². The maximum Gasteiger partial charge on any atom is 0.244 e. The van der Waals surface area contributed by atoms with E-state index >= 15 is 0 Å². The third-order valence-corrected chi connectivity index (χ3v) is 8.18. The van der Waals surface area contributed by atoms with Gasteiger partial charge in [-0.15, -0.1) is 0 Å². The zero-order valence-electron chi connectivity index (χ0n) is 17.2. The van der Waals surface area contributed by atoms with Crippen LogP contribution in [0.25, 0.3) is 0 Å². The number of hydrogen-bond acceptors (Lipinski definition) is 5. The number of primary sulfonamides is 1. The van der Waals surface area contributed by atoms with Crippen LogP contribution in [0.2, 0.25) is 0 Å². The van der Waals surface area contributed by atoms with Crippen molar-refractivity contribution in [3.63, 3.8) is 0 Å². The minimum Gasteiger partial charge on any atom is -0.325 e. The van der Waals surface area contributed by atoms with Crippen LogP contribution < -0.4 is 10.5 Å². The summed E-state index contributed by atoms with van der Waals surface area (Å²) in [4.78, 5) is 12.9. The van der Waals surface area contributed by atoms with Crippen LogP contribution in [-0.4, -0.2) is 33.1 Å². The first-order valence-electron chi connectivity index (χ1n) is 9.83. The molecular formula is C22H20FN3O5S2. The van der Waals surface area contributed by atoms with Gasteiger partial charge in [0.1, 0.15) is 11.9 Å². The molecule has 0 saturated heterocycles. The molecule has 1 aliphatic heterocycles. The van der Waals surface area contributed by atoms with E-state index in [2.05, 4.69) is 5.32 Å². The lowest BCUT2D eigenvalue weighted by Gasteiger charge is -2.35. The van der Waals surface area contributed by atoms with Gasteiger partial charge in [-0.2, -0.15) is 4.31 Å². The van der Waals surface area contributed by atoms with E-state index in [1.807, 2.05) is 12.1 Å². The molecule has 0 saturated carbocycles. The van der Waals surface area contributed by atoms with E-state index in [0.29, 0.717) is 0 Å². The number of anilines is 1. The van der Waals surface area contributed by atoms with E-state index in [1.165, 1.54) is 24.3 Å². The lowest BCUT2D eigenvalue weighted by atomic mass is 9.95. The summed E-state index contributed by atoms with van der Waals surface area (Å²) < 4.78 is 64.1. The topological polar surface area (TPSA) is 127 Å². The second-order valence-electron chi connectivity index (χ2n) is 7.55. The molecule has 11 heteroatoms. The van der Waals surface area contributed by atoms with E-state index < -0.39 is 37.8 Å². The molecular weight excluding hydrogens is 469 g/mol. The van der Waals surface area contributed by atoms with Gasteiger partial charge in [0, 0.05) is 12.2 Å². The smallest absolute Gasteiger partial charge is 0.244 e. The molecule has 0 fully saturated rings. The molecule has 8 nitrogen and oxygen atoms in total. The molecule has 4 rings (SSSR count). The third-order valence-electron chi connectivity index (χ3n) is 5.38. The number of carbonyl (C=O) groups excluding carboxylic acids is 1. The van der Waals surface area contributed by atoms with Gasteiger partial charge in [-0.05, 0) is 66.1 Å². The highest BCUT2D eigenvalue weighted by Gasteiger charge is 2.39. The number of carbonyl (C=O) groups is 1. The monoisotopic (exact) mass is 489 g/mol. The Morgan fingerprint density at radius 1 is 0.879 bits per heavy atom. The Kier molecular flexibility index (Phi) is 6.06. The first kappa shape index (κ1) is 23.1. The Morgan fingerprint density at radius 2 is 1.45 bits per heavy atom. The van der Waals surface area contributed by atoms with Crippen LogP contribution in [0.15, 0.2) is 82.6 Å². The van der Waals surface area contributed by atoms with Gasteiger partial charge >= 0.3 is 0 Å². The number of nitrogens with two attached hydrogens (primary N) is 1. The molecule has 1 aliphatic rings. The number of nitrogens with zero attached hydrogens (tertiary/aromatic N) is 1. The Bertz CT molecular complexity index is 1410. The van der Waals surface area contributed by atoms with Crippen molar-refractivity contribution in [2.45, 2.75) is 28.8 Å². The molecule has 1 heterocycles. The fourth-order valence-corrected chi connectivity index (χ4v) is 5.75. The van der Waals surface area contributed by atoms with Crippen molar-refractivity contribution in [1.82, 2.24) is 4.31 Å². The maximum atomic E-state index is 13.4. The molecule has 0 aliphatic carbocycles. The van der Waals surface area contributed by atoms with Crippen molar-refractivity contribution in [3.05, 3.63) is 89.7 Å². The summed E-state index contributed by atoms with van der Waals surface area (Å²) >= 11 is 0. The quantitative estimate of drug-likeness (QED) is 0.568. The normalized spacial score (nSPS) is 16.7. The van der Waals surface area contributed by atoms with Crippen LogP contribution in [-0.2, 0) is 37.8 Å². The molecule has 33 heavy (non-hydrogen) atoms. The zero-order chi connectivity index (χ0) is 23.8. The molecule has 0 aromatic heterocycles. The first-order valence-corrected chi connectivity index (χ1v) is 12.8. The number of rotatable bonds is 5. The van der Waals surface area contributed by atoms with Crippen LogP contribution in [0.4, 0.5) is 10.1 Å². The summed E-state index contributed by atoms with van der Waals surface area (Å²) in [6.07, 6.45) is 0.137. The molecule has 0 bridgehead atoms. The highest BCUT2D eigenvalue weighted by atomic mass is 32.2. The van der Waals surface area contributed by atoms with Gasteiger partial charge in [0.15, 0.2) is 0 Å². The van der Waals surface area contributed by atoms with Crippen molar-refractivity contribution in [2.24, 2.45) is 5.14 Å². The Hall–Kier alpha value is -3.12. The highest BCUT2D eigenvalue weighted by molar-refractivity contribution is 7.89. The Labute approximate surface area is 190 Å². The number of halogens is 1. The van der Waals surface area contributed by atoms with Crippen molar-refractivity contribution in [3.8, 4) is 0 Å². The number of amides is 1. The third kappa shape index (κ3) is 4.81. The minimum absolute atomic E-state index is 0.0294. The standard InChI is InChI=1S/C22H20FN3O5S2/c23-17-5-9-20(10-6-17)33(30,31)26-14-16-4-2-1-3-15(16)13-21(26)22(27)25-18-7-11-19(12-8-18)32(24,28)29/h1-12,21H,13-14H2,(H,25,27)(H2,24,28,29)/t21-/m0/s1. The van der Waals surface area contributed by atoms with Crippen molar-refractivity contribution < 1.29 is 26.0 Å². The van der Waals surface area contributed by atoms with Crippen LogP contribution in [0.3, 0.4) is 0 Å². The molecule has 1 atom stereocenters. The molecule has 0 spiro atoms. The van der Waals surface area contributed by atoms with E-state index in [1.54, 1.807) is 12.1 Å². The van der Waals surface area contributed by atoms with Crippen molar-refractivity contribution in [2.75, 3.05) is 5.32 Å². The summed E-state index contributed by atoms with van der Waals surface area (Å²) in [7, 11) is -8.01. The number of fused-ring (bicyclic) bond motifs is 1. The Balaban J connectivity index is 1.67. The minimum atomic E-state index is -4.12. The fourth-order valence-electron chi connectivity index (χ4n) is 3.67. The molecule has 172 valence electrons. The van der Waals surface area contributed by atoms with E-state index in [4.69, 9.17) is 5.14 Å². The van der Waals surface area contributed by atoms with Gasteiger partial charge in [0.2, 0.25) is 26.0 Å². The van der Waals surface area contributed by atoms with Gasteiger partial charge in [0.05, 0.1) is 9.79 Å². The summed E-state index contributed by atoms with van der Waals surface area (Å²) in [5, 5.41) is 7.73. The molecule has 0 unspecified atom stereocenters. The second kappa shape index (κ2) is 8.67. The van der Waals surface area contributed by atoms with E-state index in [0.717, 1.165) is 39.7 Å². The zero-order valence-corrected chi connectivity index (χ0v) is 18.8. The van der Waals surface area contributed by atoms with Crippen LogP contribution in [0.1, 0.15) is 11.1 Å². The van der Waals surface area contributed by atoms with Gasteiger partial charge in [0.25, 0.3) is 0 Å². The van der Waals surface area contributed by atoms with Gasteiger partial charge in [-0.3, -0.25) is 4.79 Å². The van der Waals surface area contributed by atoms with Crippen LogP contribution >= 0.6 is 0 Å². The summed E-state index contributed by atoms with van der Waals surface area (Å²) in [6, 6.07) is 15.8. The lowest BCUT2D eigenvalue weighted by molar-refractivity contribution is -0.120. The summed E-state index contributed by atoms with van der Waals surface area (Å²) in [5.74, 6) is -1.16. The molecule has 3 N–H and O–H groups in total. The predicted octanol–water partition coefficient (Wildman–Crippen LogP) is 2.23. The molecule has 3 aromatic carbocycles. The van der Waals surface area contributed by atoms with Crippen LogP contribution in [0.5, 0.6) is 0 Å². The van der Waals surface area contributed by atoms with Gasteiger partial charge in [-0.1, -0.05) is 24.3 Å². The predicted molar refractivity (Wildman–Crippen MR) is 120 cm³/mol. The maximum absolute atomic E-state index is 13.4. The van der Waals surface area contributed by atoms with E-state index in [-0.39, 0.29) is 28.4 Å². The number of hydrogen-bond donors (Lipinski definition) is 2. The van der Waals surface area contributed by atoms with Gasteiger partial charge < -0.3 is 5.32 Å². The number of benzene rings is 3. The molecule has 3 aromatic rings. The molecule has 0 radical (unpaired) electrons. The Morgan fingerprint density at radius 3 is 2.06 bits per heavy atom. The second-order valence-corrected chi connectivity index (χ2v) is 11.0. The van der Waals surface area contributed by atoms with Crippen molar-refractivity contribution >= 4 is 31.6 Å². The number of sulfonamides is 2. The molecule has 1 amide bonds. The average molecular weight is 490 g/mol. The summed E-state index contributed by atoms with van der Waals surface area (Å²) in [5.41, 5.74) is 1.89. The lowest BCUT2D eigenvalue weighted by Crippen LogP contribution is -2.50. The summed E-state index contributed by atoms with van der Waals surface area (Å²) in [6.45, 7) is -0.0294. The van der Waals surface area contributed by atoms with Crippen LogP contribution in [0, 0.1) is 5.82 Å². The van der Waals surface area contributed by atoms with Gasteiger partial charge in [-0.25, -0.2) is 26.4 Å². The highest BCUT2D eigenvalue weighted by Crippen LogP contribution is 2.30. The average Bonchev–Trinajstić information content (AvgIpc) is 2.78. The largest absolute Gasteiger partial charge is 0.325 e. The van der Waals surface area contributed by atoms with Crippen molar-refractivity contribution in [1.29, 1.82) is 0 Å². The SMILES string of the molecule is NS(=O)(=O)c1ccc(NC(=O)[C@@H]2Cc3ccccc3CN2S(=O)(=O)c2ccc(F)cc2)cc1. The fraction of sp³-hybridized carbons (Fsp3) is 0.136. The first-order chi connectivity index (χ1) is 15.6.